The number of hydrogen-bond donors (Lipinski definition) is 1. The number of aliphatic carboxylic acids is 1. The summed E-state index contributed by atoms with van der Waals surface area (Å²) < 4.78 is 11.7. The van der Waals surface area contributed by atoms with Gasteiger partial charge in [0.1, 0.15) is 24.7 Å². The standard InChI is InChI=1S/C24H22O4/c1-2-22(24(25)26)23-14-7-6-11-19(23)17-28-21-13-8-12-20(15-21)27-16-18-9-4-3-5-10-18/h2-15H,16-17H2,1H3,(H,25,26). The molecule has 0 aliphatic rings. The van der Waals surface area contributed by atoms with E-state index in [2.05, 4.69) is 0 Å². The molecule has 0 spiro atoms. The van der Waals surface area contributed by atoms with Crippen LogP contribution >= 0.6 is 0 Å². The molecule has 0 aliphatic carbocycles. The molecule has 0 amide bonds. The summed E-state index contributed by atoms with van der Waals surface area (Å²) >= 11 is 0. The van der Waals surface area contributed by atoms with Crippen LogP contribution in [0.15, 0.2) is 84.9 Å². The fourth-order valence-electron chi connectivity index (χ4n) is 2.86. The molecule has 4 nitrogen and oxygen atoms in total. The second-order valence-electron chi connectivity index (χ2n) is 6.20. The van der Waals surface area contributed by atoms with Gasteiger partial charge in [-0.1, -0.05) is 66.7 Å². The second kappa shape index (κ2) is 9.42. The molecular formula is C24H22O4. The Morgan fingerprint density at radius 3 is 2.18 bits per heavy atom. The molecule has 0 fully saturated rings. The number of benzene rings is 3. The van der Waals surface area contributed by atoms with E-state index in [4.69, 9.17) is 9.47 Å². The molecule has 1 N–H and O–H groups in total. The largest absolute Gasteiger partial charge is 0.489 e. The Hall–Kier alpha value is -3.53. The van der Waals surface area contributed by atoms with E-state index in [0.29, 0.717) is 23.7 Å². The molecule has 142 valence electrons. The van der Waals surface area contributed by atoms with E-state index < -0.39 is 5.97 Å². The summed E-state index contributed by atoms with van der Waals surface area (Å²) in [6.45, 7) is 2.47. The summed E-state index contributed by atoms with van der Waals surface area (Å²) in [5.41, 5.74) is 2.83. The van der Waals surface area contributed by atoms with E-state index >= 15 is 0 Å². The number of hydrogen-bond acceptors (Lipinski definition) is 3. The fraction of sp³-hybridized carbons (Fsp3) is 0.125. The highest BCUT2D eigenvalue weighted by Gasteiger charge is 2.13. The molecule has 3 aromatic carbocycles. The average Bonchev–Trinajstić information content (AvgIpc) is 2.73. The van der Waals surface area contributed by atoms with Crippen molar-refractivity contribution in [1.29, 1.82) is 0 Å². The number of carbonyl (C=O) groups is 1. The summed E-state index contributed by atoms with van der Waals surface area (Å²) in [7, 11) is 0. The maximum atomic E-state index is 11.5. The van der Waals surface area contributed by atoms with E-state index in [1.807, 2.05) is 72.8 Å². The first-order valence-corrected chi connectivity index (χ1v) is 9.05. The van der Waals surface area contributed by atoms with Gasteiger partial charge in [-0.25, -0.2) is 4.79 Å². The molecule has 4 heteroatoms. The van der Waals surface area contributed by atoms with E-state index in [-0.39, 0.29) is 12.2 Å². The fourth-order valence-corrected chi connectivity index (χ4v) is 2.86. The van der Waals surface area contributed by atoms with Gasteiger partial charge >= 0.3 is 5.97 Å². The predicted octanol–water partition coefficient (Wildman–Crippen LogP) is 5.33. The zero-order chi connectivity index (χ0) is 19.8. The first-order valence-electron chi connectivity index (χ1n) is 9.05. The SMILES string of the molecule is CC=C(C(=O)O)c1ccccc1COc1cccc(OCc2ccccc2)c1. The van der Waals surface area contributed by atoms with Crippen LogP contribution in [-0.4, -0.2) is 11.1 Å². The van der Waals surface area contributed by atoms with Crippen molar-refractivity contribution in [3.8, 4) is 11.5 Å². The molecule has 3 aromatic rings. The third kappa shape index (κ3) is 5.01. The molecule has 0 unspecified atom stereocenters. The quantitative estimate of drug-likeness (QED) is 0.541. The van der Waals surface area contributed by atoms with Gasteiger partial charge in [-0.3, -0.25) is 0 Å². The summed E-state index contributed by atoms with van der Waals surface area (Å²) in [6.07, 6.45) is 1.60. The van der Waals surface area contributed by atoms with Gasteiger partial charge in [-0.05, 0) is 35.7 Å². The van der Waals surface area contributed by atoms with Gasteiger partial charge in [-0.15, -0.1) is 0 Å². The lowest BCUT2D eigenvalue weighted by Gasteiger charge is -2.13. The Balaban J connectivity index is 1.68. The molecule has 0 aliphatic heterocycles. The van der Waals surface area contributed by atoms with Gasteiger partial charge in [0.15, 0.2) is 0 Å². The second-order valence-corrected chi connectivity index (χ2v) is 6.20. The molecule has 0 atom stereocenters. The average molecular weight is 374 g/mol. The first-order chi connectivity index (χ1) is 13.7. The van der Waals surface area contributed by atoms with E-state index in [1.54, 1.807) is 19.1 Å². The molecular weight excluding hydrogens is 352 g/mol. The van der Waals surface area contributed by atoms with Crippen LogP contribution < -0.4 is 9.47 Å². The van der Waals surface area contributed by atoms with Crippen molar-refractivity contribution in [1.82, 2.24) is 0 Å². The van der Waals surface area contributed by atoms with Gasteiger partial charge in [0.25, 0.3) is 0 Å². The zero-order valence-electron chi connectivity index (χ0n) is 15.7. The third-order valence-electron chi connectivity index (χ3n) is 4.27. The van der Waals surface area contributed by atoms with Crippen molar-refractivity contribution in [2.45, 2.75) is 20.1 Å². The highest BCUT2D eigenvalue weighted by atomic mass is 16.5. The van der Waals surface area contributed by atoms with Crippen LogP contribution in [0, 0.1) is 0 Å². The first kappa shape index (κ1) is 19.2. The number of allylic oxidation sites excluding steroid dienone is 1. The predicted molar refractivity (Wildman–Crippen MR) is 109 cm³/mol. The number of ether oxygens (including phenoxy) is 2. The molecule has 0 aromatic heterocycles. The molecule has 0 saturated carbocycles. The van der Waals surface area contributed by atoms with E-state index in [1.165, 1.54) is 0 Å². The Morgan fingerprint density at radius 1 is 0.857 bits per heavy atom. The molecule has 0 bridgehead atoms. The van der Waals surface area contributed by atoms with Gasteiger partial charge in [-0.2, -0.15) is 0 Å². The maximum Gasteiger partial charge on any atom is 0.335 e. The normalized spacial score (nSPS) is 11.1. The Labute approximate surface area is 164 Å². The molecule has 0 radical (unpaired) electrons. The van der Waals surface area contributed by atoms with Crippen LogP contribution in [0.25, 0.3) is 5.57 Å². The highest BCUT2D eigenvalue weighted by Crippen LogP contribution is 2.24. The smallest absolute Gasteiger partial charge is 0.335 e. The Morgan fingerprint density at radius 2 is 1.50 bits per heavy atom. The van der Waals surface area contributed by atoms with Crippen LogP contribution in [0.5, 0.6) is 11.5 Å². The van der Waals surface area contributed by atoms with Crippen molar-refractivity contribution in [2.75, 3.05) is 0 Å². The van der Waals surface area contributed by atoms with Crippen LogP contribution in [-0.2, 0) is 18.0 Å². The summed E-state index contributed by atoms with van der Waals surface area (Å²) in [5, 5.41) is 9.40. The van der Waals surface area contributed by atoms with Gasteiger partial charge in [0.2, 0.25) is 0 Å². The number of rotatable bonds is 8. The molecule has 0 heterocycles. The van der Waals surface area contributed by atoms with Crippen molar-refractivity contribution in [3.63, 3.8) is 0 Å². The zero-order valence-corrected chi connectivity index (χ0v) is 15.7. The lowest BCUT2D eigenvalue weighted by atomic mass is 10.00. The van der Waals surface area contributed by atoms with Crippen molar-refractivity contribution < 1.29 is 19.4 Å². The van der Waals surface area contributed by atoms with Gasteiger partial charge < -0.3 is 14.6 Å². The van der Waals surface area contributed by atoms with Gasteiger partial charge in [0, 0.05) is 6.07 Å². The lowest BCUT2D eigenvalue weighted by Crippen LogP contribution is -2.05. The monoisotopic (exact) mass is 374 g/mol. The Kier molecular flexibility index (Phi) is 6.47. The third-order valence-corrected chi connectivity index (χ3v) is 4.27. The topological polar surface area (TPSA) is 55.8 Å². The lowest BCUT2D eigenvalue weighted by molar-refractivity contribution is -0.130. The minimum atomic E-state index is -0.953. The Bertz CT molecular complexity index is 961. The van der Waals surface area contributed by atoms with E-state index in [0.717, 1.165) is 11.1 Å². The van der Waals surface area contributed by atoms with E-state index in [9.17, 15) is 9.90 Å². The van der Waals surface area contributed by atoms with Crippen LogP contribution in [0.2, 0.25) is 0 Å². The highest BCUT2D eigenvalue weighted by molar-refractivity contribution is 6.15. The molecule has 0 saturated heterocycles. The summed E-state index contributed by atoms with van der Waals surface area (Å²) in [6, 6.07) is 24.8. The van der Waals surface area contributed by atoms with Crippen LogP contribution in [0.1, 0.15) is 23.6 Å². The van der Waals surface area contributed by atoms with Crippen molar-refractivity contribution in [3.05, 3.63) is 102 Å². The number of carboxylic acids is 1. The minimum absolute atomic E-state index is 0.263. The van der Waals surface area contributed by atoms with Crippen molar-refractivity contribution in [2.24, 2.45) is 0 Å². The minimum Gasteiger partial charge on any atom is -0.489 e. The molecule has 28 heavy (non-hydrogen) atoms. The van der Waals surface area contributed by atoms with Crippen LogP contribution in [0.4, 0.5) is 0 Å². The summed E-state index contributed by atoms with van der Waals surface area (Å²) in [5.74, 6) is 0.429. The summed E-state index contributed by atoms with van der Waals surface area (Å²) in [4.78, 5) is 11.5. The number of carboxylic acid groups (broad SMARTS) is 1. The molecule has 3 rings (SSSR count). The van der Waals surface area contributed by atoms with Crippen molar-refractivity contribution >= 4 is 11.5 Å². The maximum absolute atomic E-state index is 11.5. The van der Waals surface area contributed by atoms with Crippen LogP contribution in [0.3, 0.4) is 0 Å². The van der Waals surface area contributed by atoms with Gasteiger partial charge in [0.05, 0.1) is 5.57 Å².